The maximum absolute atomic E-state index is 12.2. The minimum absolute atomic E-state index is 0.0763. The third kappa shape index (κ3) is 3.99. The van der Waals surface area contributed by atoms with Gasteiger partial charge in [0.25, 0.3) is 0 Å². The Balaban J connectivity index is 1.24. The first-order chi connectivity index (χ1) is 13.6. The lowest BCUT2D eigenvalue weighted by atomic mass is 9.87. The largest absolute Gasteiger partial charge is 0.508 e. The first-order valence-electron chi connectivity index (χ1n) is 9.97. The van der Waals surface area contributed by atoms with Crippen molar-refractivity contribution < 1.29 is 19.4 Å². The Morgan fingerprint density at radius 1 is 1.18 bits per heavy atom. The van der Waals surface area contributed by atoms with Gasteiger partial charge in [-0.3, -0.25) is 4.79 Å². The molecule has 1 N–H and O–H groups in total. The molecule has 1 saturated heterocycles. The number of methoxy groups -OCH3 is 1. The maximum Gasteiger partial charge on any atom is 0.162 e. The molecule has 1 spiro atoms. The number of piperidine rings is 1. The Kier molecular flexibility index (Phi) is 5.27. The summed E-state index contributed by atoms with van der Waals surface area (Å²) in [6, 6.07) is 12.6. The van der Waals surface area contributed by atoms with Crippen LogP contribution in [-0.2, 0) is 6.42 Å². The molecule has 0 atom stereocenters. The Morgan fingerprint density at radius 2 is 1.93 bits per heavy atom. The van der Waals surface area contributed by atoms with Crippen molar-refractivity contribution in [3.8, 4) is 17.2 Å². The second-order valence-corrected chi connectivity index (χ2v) is 7.85. The maximum atomic E-state index is 12.2. The van der Waals surface area contributed by atoms with E-state index in [1.807, 2.05) is 12.1 Å². The van der Waals surface area contributed by atoms with Gasteiger partial charge in [-0.05, 0) is 55.4 Å². The molecular formula is C23H27NO4. The predicted octanol–water partition coefficient (Wildman–Crippen LogP) is 3.83. The number of aromatic hydroxyl groups is 1. The number of ether oxygens (including phenoxy) is 2. The number of carbonyl (C=O) groups is 1. The van der Waals surface area contributed by atoms with Crippen LogP contribution < -0.4 is 9.47 Å². The number of phenolic OH excluding ortho intramolecular Hbond substituents is 1. The van der Waals surface area contributed by atoms with Gasteiger partial charge in [-0.2, -0.15) is 0 Å². The molecule has 0 aliphatic carbocycles. The molecule has 4 rings (SSSR count). The van der Waals surface area contributed by atoms with Gasteiger partial charge in [-0.1, -0.05) is 0 Å². The average Bonchev–Trinajstić information content (AvgIpc) is 3.06. The number of hydrogen-bond acceptors (Lipinski definition) is 5. The molecule has 2 heterocycles. The molecule has 148 valence electrons. The molecule has 2 aromatic carbocycles. The minimum atomic E-state index is -0.0763. The van der Waals surface area contributed by atoms with E-state index in [0.29, 0.717) is 12.0 Å². The van der Waals surface area contributed by atoms with Gasteiger partial charge in [0.15, 0.2) is 5.78 Å². The standard InChI is InChI=1S/C23H27NO4/c1-27-20-8-9-22-18(15-20)16-23(28-22)10-13-24(14-11-23)12-2-3-21(26)17-4-6-19(25)7-5-17/h4-9,15,25H,2-3,10-14,16H2,1H3. The van der Waals surface area contributed by atoms with Crippen LogP contribution in [0.4, 0.5) is 0 Å². The summed E-state index contributed by atoms with van der Waals surface area (Å²) in [7, 11) is 1.69. The van der Waals surface area contributed by atoms with E-state index >= 15 is 0 Å². The van der Waals surface area contributed by atoms with E-state index in [0.717, 1.165) is 56.8 Å². The summed E-state index contributed by atoms with van der Waals surface area (Å²) in [5.41, 5.74) is 1.84. The lowest BCUT2D eigenvalue weighted by Crippen LogP contribution is -2.47. The van der Waals surface area contributed by atoms with Gasteiger partial charge in [0.05, 0.1) is 7.11 Å². The number of likely N-dealkylation sites (tertiary alicyclic amines) is 1. The van der Waals surface area contributed by atoms with E-state index in [-0.39, 0.29) is 17.1 Å². The molecule has 0 amide bonds. The molecule has 0 radical (unpaired) electrons. The van der Waals surface area contributed by atoms with Crippen molar-refractivity contribution in [1.29, 1.82) is 0 Å². The van der Waals surface area contributed by atoms with Crippen molar-refractivity contribution in [2.24, 2.45) is 0 Å². The first-order valence-corrected chi connectivity index (χ1v) is 9.97. The van der Waals surface area contributed by atoms with Gasteiger partial charge in [-0.25, -0.2) is 0 Å². The van der Waals surface area contributed by atoms with Crippen LogP contribution in [0, 0.1) is 0 Å². The zero-order chi connectivity index (χ0) is 19.6. The zero-order valence-electron chi connectivity index (χ0n) is 16.3. The summed E-state index contributed by atoms with van der Waals surface area (Å²) in [5, 5.41) is 9.32. The van der Waals surface area contributed by atoms with Crippen molar-refractivity contribution >= 4 is 5.78 Å². The van der Waals surface area contributed by atoms with E-state index in [2.05, 4.69) is 11.0 Å². The summed E-state index contributed by atoms with van der Waals surface area (Å²) < 4.78 is 11.7. The van der Waals surface area contributed by atoms with Crippen molar-refractivity contribution in [1.82, 2.24) is 4.90 Å². The van der Waals surface area contributed by atoms with Gasteiger partial charge in [-0.15, -0.1) is 0 Å². The van der Waals surface area contributed by atoms with Crippen molar-refractivity contribution in [3.63, 3.8) is 0 Å². The second-order valence-electron chi connectivity index (χ2n) is 7.85. The van der Waals surface area contributed by atoms with Crippen molar-refractivity contribution in [2.45, 2.75) is 37.7 Å². The molecule has 28 heavy (non-hydrogen) atoms. The van der Waals surface area contributed by atoms with E-state index in [9.17, 15) is 9.90 Å². The lowest BCUT2D eigenvalue weighted by molar-refractivity contribution is 0.0190. The normalized spacial score (nSPS) is 17.9. The van der Waals surface area contributed by atoms with E-state index in [4.69, 9.17) is 9.47 Å². The fourth-order valence-corrected chi connectivity index (χ4v) is 4.25. The molecule has 0 saturated carbocycles. The monoisotopic (exact) mass is 381 g/mol. The van der Waals surface area contributed by atoms with Crippen LogP contribution >= 0.6 is 0 Å². The third-order valence-electron chi connectivity index (χ3n) is 5.94. The van der Waals surface area contributed by atoms with Crippen LogP contribution in [0.3, 0.4) is 0 Å². The quantitative estimate of drug-likeness (QED) is 0.771. The number of carbonyl (C=O) groups excluding carboxylic acids is 1. The number of nitrogens with zero attached hydrogens (tertiary/aromatic N) is 1. The fraction of sp³-hybridized carbons (Fsp3) is 0.435. The van der Waals surface area contributed by atoms with E-state index in [1.165, 1.54) is 5.56 Å². The van der Waals surface area contributed by atoms with Crippen LogP contribution in [0.2, 0.25) is 0 Å². The second kappa shape index (κ2) is 7.84. The molecule has 2 aromatic rings. The number of ketones is 1. The van der Waals surface area contributed by atoms with Crippen LogP contribution in [0.25, 0.3) is 0 Å². The number of rotatable bonds is 6. The Hall–Kier alpha value is -2.53. The number of fused-ring (bicyclic) bond motifs is 1. The van der Waals surface area contributed by atoms with Crippen LogP contribution in [0.15, 0.2) is 42.5 Å². The van der Waals surface area contributed by atoms with Crippen molar-refractivity contribution in [2.75, 3.05) is 26.7 Å². The van der Waals surface area contributed by atoms with E-state index in [1.54, 1.807) is 31.4 Å². The molecule has 2 aliphatic rings. The predicted molar refractivity (Wildman–Crippen MR) is 107 cm³/mol. The highest BCUT2D eigenvalue weighted by Crippen LogP contribution is 2.42. The van der Waals surface area contributed by atoms with Gasteiger partial charge < -0.3 is 19.5 Å². The first kappa shape index (κ1) is 18.8. The average molecular weight is 381 g/mol. The zero-order valence-corrected chi connectivity index (χ0v) is 16.3. The summed E-state index contributed by atoms with van der Waals surface area (Å²) >= 11 is 0. The lowest BCUT2D eigenvalue weighted by Gasteiger charge is -2.38. The highest BCUT2D eigenvalue weighted by atomic mass is 16.5. The molecule has 0 unspecified atom stereocenters. The SMILES string of the molecule is COc1ccc2c(c1)CC1(CCN(CCCC(=O)c3ccc(O)cc3)CC1)O2. The summed E-state index contributed by atoms with van der Waals surface area (Å²) in [6.07, 6.45) is 4.36. The Bertz CT molecular complexity index is 838. The molecule has 2 aliphatic heterocycles. The highest BCUT2D eigenvalue weighted by molar-refractivity contribution is 5.96. The van der Waals surface area contributed by atoms with Crippen LogP contribution in [-0.4, -0.2) is 48.1 Å². The number of benzene rings is 2. The summed E-state index contributed by atoms with van der Waals surface area (Å²) in [5.74, 6) is 2.20. The van der Waals surface area contributed by atoms with Crippen LogP contribution in [0.1, 0.15) is 41.6 Å². The Labute approximate surface area is 165 Å². The van der Waals surface area contributed by atoms with E-state index < -0.39 is 0 Å². The highest BCUT2D eigenvalue weighted by Gasteiger charge is 2.41. The molecule has 5 nitrogen and oxygen atoms in total. The van der Waals surface area contributed by atoms with Gasteiger partial charge in [0, 0.05) is 49.9 Å². The topological polar surface area (TPSA) is 59.0 Å². The van der Waals surface area contributed by atoms with Gasteiger partial charge >= 0.3 is 0 Å². The molecule has 1 fully saturated rings. The molecule has 0 bridgehead atoms. The number of hydrogen-bond donors (Lipinski definition) is 1. The summed E-state index contributed by atoms with van der Waals surface area (Å²) in [4.78, 5) is 14.7. The fourth-order valence-electron chi connectivity index (χ4n) is 4.25. The summed E-state index contributed by atoms with van der Waals surface area (Å²) in [6.45, 7) is 2.93. The Morgan fingerprint density at radius 3 is 2.64 bits per heavy atom. The number of phenols is 1. The smallest absolute Gasteiger partial charge is 0.162 e. The van der Waals surface area contributed by atoms with Gasteiger partial charge in [0.2, 0.25) is 0 Å². The molecule has 5 heteroatoms. The van der Waals surface area contributed by atoms with Gasteiger partial charge in [0.1, 0.15) is 22.8 Å². The van der Waals surface area contributed by atoms with Crippen molar-refractivity contribution in [3.05, 3.63) is 53.6 Å². The third-order valence-corrected chi connectivity index (χ3v) is 5.94. The minimum Gasteiger partial charge on any atom is -0.508 e. The van der Waals surface area contributed by atoms with Crippen LogP contribution in [0.5, 0.6) is 17.2 Å². The molecular weight excluding hydrogens is 354 g/mol. The molecule has 0 aromatic heterocycles. The number of Topliss-reactive ketones (excluding diaryl/α,β-unsaturated/α-hetero) is 1.